The summed E-state index contributed by atoms with van der Waals surface area (Å²) in [5.74, 6) is -0.190. The van der Waals surface area contributed by atoms with Crippen molar-refractivity contribution in [3.05, 3.63) is 71.8 Å². The average molecular weight is 995 g/mol. The quantitative estimate of drug-likeness (QED) is 0.0940. The summed E-state index contributed by atoms with van der Waals surface area (Å²) >= 11 is 3.30. The van der Waals surface area contributed by atoms with Crippen LogP contribution < -0.4 is 31.9 Å². The minimum atomic E-state index is -0.753. The minimum absolute atomic E-state index is 0.166. The van der Waals surface area contributed by atoms with E-state index in [2.05, 4.69) is 31.9 Å². The van der Waals surface area contributed by atoms with Gasteiger partial charge in [-0.25, -0.2) is 0 Å². The number of carbonyl (C=O) groups excluding carboxylic acids is 6. The third kappa shape index (κ3) is 13.6. The number of likely N-dealkylation sites (N-methyl/N-ethyl adjacent to an activating group) is 2. The zero-order chi connectivity index (χ0) is 49.9. The number of amides is 6. The molecule has 6 amide bonds. The number of nitrogens with one attached hydrogen (secondary N) is 6. The molecule has 4 heterocycles. The fourth-order valence-electron chi connectivity index (χ4n) is 9.61. The first kappa shape index (κ1) is 54.1. The van der Waals surface area contributed by atoms with Crippen LogP contribution in [0.25, 0.3) is 0 Å². The second-order valence-corrected chi connectivity index (χ2v) is 22.3. The van der Waals surface area contributed by atoms with Gasteiger partial charge in [-0.2, -0.15) is 0 Å². The summed E-state index contributed by atoms with van der Waals surface area (Å²) in [6.45, 7) is 12.9. The number of carbonyl (C=O) groups is 6. The monoisotopic (exact) mass is 995 g/mol. The average Bonchev–Trinajstić information content (AvgIpc) is 3.65. The Labute approximate surface area is 416 Å². The van der Waals surface area contributed by atoms with Crippen molar-refractivity contribution in [1.29, 1.82) is 0 Å². The van der Waals surface area contributed by atoms with Gasteiger partial charge < -0.3 is 55.9 Å². The smallest absolute Gasteiger partial charge is 0.246 e. The largest absolute Gasteiger partial charge is 0.377 e. The van der Waals surface area contributed by atoms with Crippen LogP contribution in [0.15, 0.2) is 60.7 Å². The summed E-state index contributed by atoms with van der Waals surface area (Å²) in [6, 6.07) is 14.3. The third-order valence-corrected chi connectivity index (χ3v) is 16.2. The van der Waals surface area contributed by atoms with E-state index < -0.39 is 59.2 Å². The number of nitrogens with zero attached hydrogens (tertiary/aromatic N) is 2. The normalized spacial score (nSPS) is 25.8. The summed E-state index contributed by atoms with van der Waals surface area (Å²) in [5, 5.41) is 17.7. The van der Waals surface area contributed by atoms with Gasteiger partial charge in [0, 0.05) is 0 Å². The maximum absolute atomic E-state index is 14.4. The maximum Gasteiger partial charge on any atom is 0.246 e. The molecule has 4 aliphatic heterocycles. The van der Waals surface area contributed by atoms with Crippen LogP contribution in [-0.2, 0) is 43.0 Å². The predicted octanol–water partition coefficient (Wildman–Crippen LogP) is 3.12. The minimum Gasteiger partial charge on any atom is -0.377 e. The molecule has 19 heteroatoms. The zero-order valence-corrected chi connectivity index (χ0v) is 43.1. The van der Waals surface area contributed by atoms with Crippen molar-refractivity contribution in [3.8, 4) is 0 Å². The van der Waals surface area contributed by atoms with E-state index in [0.717, 1.165) is 11.1 Å². The summed E-state index contributed by atoms with van der Waals surface area (Å²) in [6.07, 6.45) is 2.26. The fraction of sp³-hybridized carbons (Fsp3) is 0.640. The molecule has 0 aliphatic carbocycles. The Hall–Kier alpha value is -4.24. The van der Waals surface area contributed by atoms with Gasteiger partial charge in [-0.1, -0.05) is 88.4 Å². The lowest BCUT2D eigenvalue weighted by Gasteiger charge is -2.35. The van der Waals surface area contributed by atoms with Crippen LogP contribution in [0.4, 0.5) is 0 Å². The molecule has 0 bridgehead atoms. The van der Waals surface area contributed by atoms with E-state index in [1.165, 1.54) is 0 Å². The Morgan fingerprint density at radius 1 is 0.609 bits per heavy atom. The Bertz CT molecular complexity index is 1930. The lowest BCUT2D eigenvalue weighted by atomic mass is 9.83. The van der Waals surface area contributed by atoms with Crippen LogP contribution in [0.1, 0.15) is 90.4 Å². The van der Waals surface area contributed by atoms with Gasteiger partial charge >= 0.3 is 0 Å². The number of ether oxygens (including phenoxy) is 3. The number of thioether (sulfide) groups is 2. The van der Waals surface area contributed by atoms with E-state index in [9.17, 15) is 28.8 Å². The van der Waals surface area contributed by atoms with Crippen molar-refractivity contribution < 1.29 is 43.0 Å². The van der Waals surface area contributed by atoms with Crippen molar-refractivity contribution in [1.82, 2.24) is 41.7 Å². The van der Waals surface area contributed by atoms with E-state index in [1.807, 2.05) is 88.4 Å². The first-order valence-corrected chi connectivity index (χ1v) is 26.3. The van der Waals surface area contributed by atoms with Crippen molar-refractivity contribution in [3.63, 3.8) is 0 Å². The van der Waals surface area contributed by atoms with E-state index in [4.69, 9.17) is 14.2 Å². The highest BCUT2D eigenvalue weighted by Gasteiger charge is 2.56. The van der Waals surface area contributed by atoms with Gasteiger partial charge in [-0.15, -0.1) is 23.5 Å². The van der Waals surface area contributed by atoms with Crippen LogP contribution in [-0.4, -0.2) is 157 Å². The molecule has 4 fully saturated rings. The molecule has 380 valence electrons. The highest BCUT2D eigenvalue weighted by Crippen LogP contribution is 2.48. The Balaban J connectivity index is 1.00. The van der Waals surface area contributed by atoms with E-state index in [0.29, 0.717) is 37.2 Å². The second kappa shape index (κ2) is 24.7. The zero-order valence-electron chi connectivity index (χ0n) is 41.4. The van der Waals surface area contributed by atoms with Crippen molar-refractivity contribution in [2.24, 2.45) is 10.8 Å². The molecular formula is C50H74N8O9S2. The molecule has 0 spiro atoms. The Morgan fingerprint density at radius 2 is 0.971 bits per heavy atom. The van der Waals surface area contributed by atoms with Crippen LogP contribution in [0.3, 0.4) is 0 Å². The highest BCUT2D eigenvalue weighted by molar-refractivity contribution is 8.00. The van der Waals surface area contributed by atoms with Gasteiger partial charge in [-0.3, -0.25) is 28.8 Å². The molecule has 6 rings (SSSR count). The second-order valence-electron chi connectivity index (χ2n) is 19.8. The topological polar surface area (TPSA) is 209 Å². The molecule has 2 aromatic rings. The third-order valence-electron chi connectivity index (χ3n) is 13.7. The van der Waals surface area contributed by atoms with Gasteiger partial charge in [-0.05, 0) is 87.1 Å². The molecule has 2 unspecified atom stereocenters. The maximum atomic E-state index is 14.4. The molecule has 4 saturated heterocycles. The lowest BCUT2D eigenvalue weighted by Crippen LogP contribution is -2.58. The molecular weight excluding hydrogens is 921 g/mol. The van der Waals surface area contributed by atoms with Gasteiger partial charge in [0.1, 0.15) is 24.2 Å². The van der Waals surface area contributed by atoms with E-state index in [1.54, 1.807) is 61.3 Å². The highest BCUT2D eigenvalue weighted by atomic mass is 32.2. The first-order chi connectivity index (χ1) is 33.0. The molecule has 0 radical (unpaired) electrons. The fourth-order valence-corrected chi connectivity index (χ4v) is 12.8. The van der Waals surface area contributed by atoms with E-state index >= 15 is 0 Å². The molecule has 0 aromatic heterocycles. The molecule has 10 atom stereocenters. The number of hydrogen-bond acceptors (Lipinski definition) is 13. The molecule has 4 aliphatic rings. The number of fused-ring (bicyclic) bond motifs is 2. The number of benzene rings is 2. The Morgan fingerprint density at radius 3 is 1.33 bits per heavy atom. The summed E-state index contributed by atoms with van der Waals surface area (Å²) in [7, 11) is 3.39. The predicted molar refractivity (Wildman–Crippen MR) is 268 cm³/mol. The van der Waals surface area contributed by atoms with Crippen LogP contribution >= 0.6 is 23.5 Å². The van der Waals surface area contributed by atoms with Gasteiger partial charge in [0.05, 0.1) is 74.6 Å². The van der Waals surface area contributed by atoms with Crippen molar-refractivity contribution >= 4 is 59.0 Å². The van der Waals surface area contributed by atoms with Crippen molar-refractivity contribution in [2.75, 3.05) is 65.2 Å². The number of rotatable bonds is 22. The summed E-state index contributed by atoms with van der Waals surface area (Å²) in [4.78, 5) is 86.0. The summed E-state index contributed by atoms with van der Waals surface area (Å²) < 4.78 is 18.1. The lowest BCUT2D eigenvalue weighted by molar-refractivity contribution is -0.144. The summed E-state index contributed by atoms with van der Waals surface area (Å²) in [5.41, 5.74) is 0.670. The Kier molecular flexibility index (Phi) is 19.4. The SMILES string of the molecule is CN[C@@H](C)C(=O)N[C@H]1CCSC2CC(C)(C)[C@@H](C(=O)N[C@H](COCCOCCOC[C@@H](NC(=O)[C@H]3N4C(=O)[C@@H](NC(=O)[C@H](C)NC)CCSC4CC3(C)C)c3ccccc3)c3ccccc3)N2C1=O. The molecule has 69 heavy (non-hydrogen) atoms. The first-order valence-electron chi connectivity index (χ1n) is 24.2. The van der Waals surface area contributed by atoms with E-state index in [-0.39, 0.29) is 85.8 Å². The number of hydrogen-bond donors (Lipinski definition) is 6. The standard InChI is InChI=1S/C50H74N8O9S2/c1-31(51-7)43(59)53-35-19-25-68-39-27-49(3,4)41(57(39)47(35)63)45(61)55-37(33-15-11-9-12-16-33)29-66-23-21-65-22-24-67-30-38(34-17-13-10-14-18-34)56-46(62)42-50(5,6)28-40-58(42)48(64)36(20-26-69-40)54-44(60)32(2)52-8/h9-18,31-32,35-42,51-52H,19-30H2,1-8H3,(H,53,59)(H,54,60)(H,55,61)(H,56,62)/t31-,32-,35-,36-,37+,38+,39?,40?,41+,42+/m0/s1. The molecule has 6 N–H and O–H groups in total. The molecule has 2 aromatic carbocycles. The van der Waals surface area contributed by atoms with Gasteiger partial charge in [0.15, 0.2) is 0 Å². The van der Waals surface area contributed by atoms with Crippen LogP contribution in [0, 0.1) is 10.8 Å². The van der Waals surface area contributed by atoms with Crippen LogP contribution in [0.2, 0.25) is 0 Å². The molecule has 17 nitrogen and oxygen atoms in total. The van der Waals surface area contributed by atoms with Gasteiger partial charge in [0.2, 0.25) is 35.4 Å². The molecule has 0 saturated carbocycles. The van der Waals surface area contributed by atoms with Crippen molar-refractivity contribution in [2.45, 2.75) is 126 Å². The van der Waals surface area contributed by atoms with Gasteiger partial charge in [0.25, 0.3) is 0 Å². The van der Waals surface area contributed by atoms with Crippen LogP contribution in [0.5, 0.6) is 0 Å².